The second kappa shape index (κ2) is 8.26. The molecule has 0 saturated heterocycles. The zero-order chi connectivity index (χ0) is 24.2. The summed E-state index contributed by atoms with van der Waals surface area (Å²) in [5.74, 6) is 4.46. The largest absolute Gasteiger partial charge is 0.480 e. The molecule has 0 spiro atoms. The molecule has 0 aromatic carbocycles. The van der Waals surface area contributed by atoms with Gasteiger partial charge >= 0.3 is 5.97 Å². The van der Waals surface area contributed by atoms with Crippen LogP contribution in [-0.2, 0) is 11.2 Å². The molecule has 5 N–H and O–H groups in total. The lowest BCUT2D eigenvalue weighted by molar-refractivity contribution is -0.140. The van der Waals surface area contributed by atoms with Crippen LogP contribution in [0.3, 0.4) is 0 Å². The van der Waals surface area contributed by atoms with E-state index in [9.17, 15) is 9.90 Å². The van der Waals surface area contributed by atoms with E-state index in [-0.39, 0.29) is 10.8 Å². The molecule has 7 nitrogen and oxygen atoms in total. The predicted octanol–water partition coefficient (Wildman–Crippen LogP) is 3.00. The number of hydrogen-bond acceptors (Lipinski definition) is 6. The second-order valence-electron chi connectivity index (χ2n) is 11.0. The number of aromatic nitrogens is 1. The number of rotatable bonds is 2. The van der Waals surface area contributed by atoms with Gasteiger partial charge in [-0.1, -0.05) is 30.5 Å². The summed E-state index contributed by atoms with van der Waals surface area (Å²) in [4.78, 5) is 9.86. The van der Waals surface area contributed by atoms with Crippen molar-refractivity contribution in [3.05, 3.63) is 23.1 Å². The Morgan fingerprint density at radius 1 is 1.30 bits per heavy atom. The van der Waals surface area contributed by atoms with Gasteiger partial charge in [-0.25, -0.2) is 0 Å². The molecule has 0 amide bonds. The normalized spacial score (nSPS) is 40.4. The van der Waals surface area contributed by atoms with Crippen molar-refractivity contribution in [2.75, 3.05) is 0 Å². The summed E-state index contributed by atoms with van der Waals surface area (Å²) in [6.07, 6.45) is 16.4. The Bertz CT molecular complexity index is 993. The van der Waals surface area contributed by atoms with Crippen molar-refractivity contribution in [1.29, 1.82) is 0 Å². The quantitative estimate of drug-likeness (QED) is 0.503. The van der Waals surface area contributed by atoms with E-state index in [1.165, 1.54) is 18.9 Å². The van der Waals surface area contributed by atoms with E-state index in [2.05, 4.69) is 31.0 Å². The van der Waals surface area contributed by atoms with Gasteiger partial charge in [0, 0.05) is 11.0 Å². The van der Waals surface area contributed by atoms with Gasteiger partial charge in [0.1, 0.15) is 11.6 Å². The van der Waals surface area contributed by atoms with E-state index in [0.717, 1.165) is 44.3 Å². The predicted molar refractivity (Wildman–Crippen MR) is 124 cm³/mol. The number of nitrogens with zero attached hydrogens (tertiary/aromatic N) is 1. The molecule has 0 bridgehead atoms. The molecule has 7 heteroatoms. The summed E-state index contributed by atoms with van der Waals surface area (Å²) in [6, 6.07) is -1.16. The smallest absolute Gasteiger partial charge is 0.323 e. The van der Waals surface area contributed by atoms with Crippen LogP contribution in [0.2, 0.25) is 0 Å². The number of aliphatic hydroxyl groups excluding tert-OH is 1. The monoisotopic (exact) mass is 456 g/mol. The number of carboxylic acid groups (broad SMARTS) is 1. The van der Waals surface area contributed by atoms with Gasteiger partial charge in [0.05, 0.1) is 12.3 Å². The highest BCUT2D eigenvalue weighted by Gasteiger charge is 2.63. The van der Waals surface area contributed by atoms with E-state index in [1.54, 1.807) is 5.57 Å². The van der Waals surface area contributed by atoms with Crippen molar-refractivity contribution in [1.82, 2.24) is 5.16 Å². The number of fused-ring (bicyclic) bond motifs is 6. The molecule has 180 valence electrons. The van der Waals surface area contributed by atoms with Crippen molar-refractivity contribution in [3.63, 3.8) is 0 Å². The van der Waals surface area contributed by atoms with Gasteiger partial charge in [-0.2, -0.15) is 0 Å². The molecular formula is C26H36N2O5. The van der Waals surface area contributed by atoms with Crippen molar-refractivity contribution in [3.8, 4) is 12.3 Å². The third kappa shape index (κ3) is 3.63. The molecular weight excluding hydrogens is 420 g/mol. The molecule has 1 aromatic heterocycles. The average molecular weight is 457 g/mol. The molecule has 5 rings (SSSR count). The highest BCUT2D eigenvalue weighted by atomic mass is 16.5. The molecule has 1 aromatic rings. The lowest BCUT2D eigenvalue weighted by Gasteiger charge is -2.58. The molecule has 33 heavy (non-hydrogen) atoms. The van der Waals surface area contributed by atoms with E-state index < -0.39 is 23.7 Å². The number of nitrogens with two attached hydrogens (primary N) is 1. The summed E-state index contributed by atoms with van der Waals surface area (Å²) in [5, 5.41) is 31.6. The first-order valence-corrected chi connectivity index (χ1v) is 12.0. The van der Waals surface area contributed by atoms with Gasteiger partial charge in [0.15, 0.2) is 5.76 Å². The Labute approximate surface area is 195 Å². The standard InChI is InChI=1S/C22H27NO2.C4H9NO3/c1-4-22(24)10-8-18-16-6-5-15-11-19-14(13-23-25-19)12-20(15,2)17(16)7-9-21(18,22)3;1-2(6)3(5)4(7)8/h1,11,13,16-18,24H,5-10,12H2,2-3H3;2-3,6H,5H2,1H3,(H,7,8)/t16-,17+,18+,20+,21+,22+;2-,3+/m11/s1. The molecule has 0 radical (unpaired) electrons. The number of hydrogen-bond donors (Lipinski definition) is 4. The van der Waals surface area contributed by atoms with Crippen LogP contribution < -0.4 is 5.73 Å². The number of carboxylic acids is 1. The van der Waals surface area contributed by atoms with Gasteiger partial charge in [0.2, 0.25) is 0 Å². The van der Waals surface area contributed by atoms with Crippen molar-refractivity contribution in [2.45, 2.75) is 83.5 Å². The maximum atomic E-state index is 11.1. The van der Waals surface area contributed by atoms with Crippen LogP contribution >= 0.6 is 0 Å². The van der Waals surface area contributed by atoms with Crippen molar-refractivity contribution in [2.24, 2.45) is 34.3 Å². The van der Waals surface area contributed by atoms with Crippen LogP contribution in [0, 0.1) is 40.9 Å². The van der Waals surface area contributed by atoms with E-state index in [4.69, 9.17) is 26.9 Å². The van der Waals surface area contributed by atoms with Crippen LogP contribution in [0.25, 0.3) is 6.08 Å². The zero-order valence-electron chi connectivity index (χ0n) is 19.8. The number of allylic oxidation sites excluding steroid dienone is 1. The SMILES string of the molecule is C#C[C@]1(O)CC[C@H]2[C@@H]3CCC4=Cc5oncc5C[C@]4(C)[C@H]3CC[C@@]21C.C[C@@H](O)[C@H](N)C(=O)O. The van der Waals surface area contributed by atoms with Crippen molar-refractivity contribution < 1.29 is 24.6 Å². The van der Waals surface area contributed by atoms with Gasteiger partial charge in [0.25, 0.3) is 0 Å². The van der Waals surface area contributed by atoms with Crippen LogP contribution in [0.4, 0.5) is 0 Å². The van der Waals surface area contributed by atoms with Gasteiger partial charge in [-0.05, 0) is 81.1 Å². The maximum absolute atomic E-state index is 11.1. The number of carbonyl (C=O) groups is 1. The molecule has 4 aliphatic rings. The Kier molecular flexibility index (Phi) is 6.01. The van der Waals surface area contributed by atoms with Crippen molar-refractivity contribution >= 4 is 12.0 Å². The number of aliphatic carboxylic acids is 1. The number of terminal acetylenes is 1. The first-order chi connectivity index (χ1) is 15.5. The lowest BCUT2D eigenvalue weighted by atomic mass is 9.46. The summed E-state index contributed by atoms with van der Waals surface area (Å²) in [6.45, 7) is 6.04. The Hall–Kier alpha value is -2.14. The molecule has 3 saturated carbocycles. The zero-order valence-corrected chi connectivity index (χ0v) is 19.8. The van der Waals surface area contributed by atoms with Crippen LogP contribution in [-0.4, -0.2) is 44.2 Å². The fourth-order valence-electron chi connectivity index (χ4n) is 7.34. The molecule has 0 unspecified atom stereocenters. The topological polar surface area (TPSA) is 130 Å². The van der Waals surface area contributed by atoms with Crippen LogP contribution in [0.5, 0.6) is 0 Å². The summed E-state index contributed by atoms with van der Waals surface area (Å²) in [5.41, 5.74) is 6.90. The lowest BCUT2D eigenvalue weighted by Crippen LogP contribution is -2.54. The highest BCUT2D eigenvalue weighted by Crippen LogP contribution is 2.67. The third-order valence-corrected chi connectivity index (χ3v) is 9.47. The van der Waals surface area contributed by atoms with E-state index in [1.807, 2.05) is 6.20 Å². The molecule has 8 atom stereocenters. The average Bonchev–Trinajstić information content (AvgIpc) is 3.33. The minimum absolute atomic E-state index is 0.114. The van der Waals surface area contributed by atoms with Gasteiger partial charge < -0.3 is 25.6 Å². The first kappa shape index (κ1) is 24.0. The maximum Gasteiger partial charge on any atom is 0.323 e. The third-order valence-electron chi connectivity index (χ3n) is 9.47. The Morgan fingerprint density at radius 3 is 2.61 bits per heavy atom. The molecule has 0 aliphatic heterocycles. The van der Waals surface area contributed by atoms with Crippen LogP contribution in [0.1, 0.15) is 70.6 Å². The second-order valence-corrected chi connectivity index (χ2v) is 11.0. The van der Waals surface area contributed by atoms with Gasteiger partial charge in [-0.15, -0.1) is 6.42 Å². The van der Waals surface area contributed by atoms with E-state index in [0.29, 0.717) is 17.8 Å². The molecule has 4 aliphatic carbocycles. The molecule has 1 heterocycles. The van der Waals surface area contributed by atoms with Gasteiger partial charge in [-0.3, -0.25) is 4.79 Å². The first-order valence-electron chi connectivity index (χ1n) is 12.0. The number of aliphatic hydroxyl groups is 2. The Morgan fingerprint density at radius 2 is 2.00 bits per heavy atom. The highest BCUT2D eigenvalue weighted by molar-refractivity contribution is 5.73. The Balaban J connectivity index is 0.000000281. The minimum atomic E-state index is -1.18. The fraction of sp³-hybridized carbons (Fsp3) is 0.692. The summed E-state index contributed by atoms with van der Waals surface area (Å²) >= 11 is 0. The summed E-state index contributed by atoms with van der Waals surface area (Å²) < 4.78 is 5.43. The van der Waals surface area contributed by atoms with Crippen LogP contribution in [0.15, 0.2) is 16.3 Å². The van der Waals surface area contributed by atoms with E-state index >= 15 is 0 Å². The molecule has 3 fully saturated rings. The fourth-order valence-corrected chi connectivity index (χ4v) is 7.34. The summed E-state index contributed by atoms with van der Waals surface area (Å²) in [7, 11) is 0. The minimum Gasteiger partial charge on any atom is -0.480 e.